The number of hydrogen-bond donors (Lipinski definition) is 1. The molecule has 135 heavy (non-hydrogen) atoms. The minimum Gasteiger partial charge on any atom is -0.427 e. The van der Waals surface area contributed by atoms with E-state index in [-0.39, 0.29) is 134 Å². The van der Waals surface area contributed by atoms with Crippen LogP contribution in [0.15, 0.2) is 212 Å². The molecular weight excluding hydrogens is 2290 g/mol. The monoisotopic (exact) mass is 2400 g/mol. The van der Waals surface area contributed by atoms with Gasteiger partial charge < -0.3 is 98.1 Å². The zero-order chi connectivity index (χ0) is 97.1. The Morgan fingerprint density at radius 1 is 0.341 bits per heavy atom. The van der Waals surface area contributed by atoms with Crippen LogP contribution in [-0.4, -0.2) is 135 Å². The molecule has 0 aromatic heterocycles. The summed E-state index contributed by atoms with van der Waals surface area (Å²) < 4.78 is 217. The van der Waals surface area contributed by atoms with E-state index in [2.05, 4.69) is 141 Å². The molecule has 0 saturated carbocycles. The van der Waals surface area contributed by atoms with Gasteiger partial charge in [-0.1, -0.05) is 208 Å². The fourth-order valence-electron chi connectivity index (χ4n) is 10.7. The van der Waals surface area contributed by atoms with Crippen molar-refractivity contribution < 1.29 is 133 Å². The second-order valence-corrected chi connectivity index (χ2v) is 37.1. The summed E-state index contributed by atoms with van der Waals surface area (Å²) >= 11 is 26.6. The average molecular weight is 2410 g/mol. The molecule has 9 aromatic carbocycles. The van der Waals surface area contributed by atoms with Crippen LogP contribution in [0.4, 0.5) is 35.1 Å². The first-order valence-electron chi connectivity index (χ1n) is 41.3. The Morgan fingerprint density at radius 3 is 0.874 bits per heavy atom. The van der Waals surface area contributed by atoms with Gasteiger partial charge in [0.1, 0.15) is 46.5 Å². The van der Waals surface area contributed by atoms with Crippen molar-refractivity contribution in [3.63, 3.8) is 0 Å². The summed E-state index contributed by atoms with van der Waals surface area (Å²) in [5.41, 5.74) is 6.05. The molecule has 736 valence electrons. The third-order valence-corrected chi connectivity index (χ3v) is 24.9. The van der Waals surface area contributed by atoms with Crippen LogP contribution < -0.4 is 0 Å². The summed E-state index contributed by atoms with van der Waals surface area (Å²) in [6.07, 6.45) is 0.746. The van der Waals surface area contributed by atoms with Crippen molar-refractivity contribution in [3.05, 3.63) is 308 Å². The highest BCUT2D eigenvalue weighted by Crippen LogP contribution is 2.38. The summed E-state index contributed by atoms with van der Waals surface area (Å²) in [5.74, 6) is -2.30. The smallest absolute Gasteiger partial charge is 0.427 e. The molecule has 0 spiro atoms. The zero-order valence-electron chi connectivity index (χ0n) is 74.9. The van der Waals surface area contributed by atoms with Crippen molar-refractivity contribution in [2.75, 3.05) is 60.5 Å². The van der Waals surface area contributed by atoms with Crippen molar-refractivity contribution in [3.8, 4) is 0 Å². The lowest BCUT2D eigenvalue weighted by atomic mass is 9.90. The van der Waals surface area contributed by atoms with E-state index in [1.54, 1.807) is 76.4 Å². The second kappa shape index (κ2) is 66.0. The first-order chi connectivity index (χ1) is 62.8. The van der Waals surface area contributed by atoms with Crippen LogP contribution in [0.5, 0.6) is 0 Å². The largest absolute Gasteiger partial charge is 0.640 e. The Hall–Kier alpha value is -4.06. The normalized spacial score (nSPS) is 15.2. The maximum absolute atomic E-state index is 13.2. The molecule has 0 amide bonds. The van der Waals surface area contributed by atoms with Crippen molar-refractivity contribution in [1.82, 2.24) is 0 Å². The predicted molar refractivity (Wildman–Crippen MR) is 543 cm³/mol. The highest BCUT2D eigenvalue weighted by atomic mass is 79.9. The Labute approximate surface area is 860 Å². The van der Waals surface area contributed by atoms with Crippen LogP contribution in [0.25, 0.3) is 0 Å². The van der Waals surface area contributed by atoms with Gasteiger partial charge in [-0.25, -0.2) is 35.1 Å². The zero-order valence-corrected chi connectivity index (χ0v) is 87.6. The summed E-state index contributed by atoms with van der Waals surface area (Å²) in [6, 6.07) is 45.5. The Kier molecular flexibility index (Phi) is 61.1. The molecule has 14 rings (SSSR count). The fraction of sp³-hybridized carbons (Fsp3) is 0.400. The molecule has 5 fully saturated rings. The molecule has 9 aromatic rings. The fourth-order valence-corrected chi connectivity index (χ4v) is 13.6. The average Bonchev–Trinajstić information content (AvgIpc) is 1.64. The first kappa shape index (κ1) is 125. The third kappa shape index (κ3) is 47.8. The van der Waals surface area contributed by atoms with Gasteiger partial charge in [0.05, 0.1) is 90.0 Å². The van der Waals surface area contributed by atoms with E-state index < -0.39 is 54.9 Å². The van der Waals surface area contributed by atoms with Crippen LogP contribution in [0, 0.1) is 52.0 Å². The van der Waals surface area contributed by atoms with E-state index in [0.29, 0.717) is 70.6 Å². The van der Waals surface area contributed by atoms with Gasteiger partial charge >= 0.3 is 58.0 Å². The third-order valence-electron chi connectivity index (χ3n) is 18.7. The summed E-state index contributed by atoms with van der Waals surface area (Å²) in [4.78, 5) is 0. The summed E-state index contributed by atoms with van der Waals surface area (Å²) in [5, 5.41) is 8.84. The summed E-state index contributed by atoms with van der Waals surface area (Å²) in [6.45, 7) is 27.0. The van der Waals surface area contributed by atoms with Crippen LogP contribution >= 0.6 is 127 Å². The first-order valence-corrected chi connectivity index (χ1v) is 47.7. The van der Waals surface area contributed by atoms with Crippen LogP contribution in [0.2, 0.25) is 20.5 Å². The number of hydrogen-bond acceptors (Lipinski definition) is 21. The molecule has 21 nitrogen and oxygen atoms in total. The molecular formula is C90H114B8Br8F8O21. The molecule has 45 heteroatoms. The van der Waals surface area contributed by atoms with Crippen LogP contribution in [0.3, 0.4) is 0 Å². The van der Waals surface area contributed by atoms with Crippen LogP contribution in [-0.2, 0) is 146 Å². The molecule has 1 unspecified atom stereocenters. The number of rotatable bonds is 27. The molecule has 1 N–H and O–H groups in total. The SMILES string of the molecule is C.C.C.CB(O)OCc1cc(F)ccc1Br.CC.CC1(C)COB(OCc2cc(F)ccc2Br)OC1.CC1(C)OB(OCc2cc(F)ccc2Br)OC1(C)C.COB(C)OCc1cc(F)ccc1Br.COB(C)OCc1cc(F)ccc1Br.Fc1ccc(Br)c(COB2OCC(c3ccccc3)O2)c1.Fc1ccc(Br)c(COB2OCCCO2)c1.Fc1ccc(Br)c(COB2OCCO2)c1. The minimum atomic E-state index is -0.838. The molecule has 0 aliphatic carbocycles. The number of benzene rings is 9. The van der Waals surface area contributed by atoms with Crippen molar-refractivity contribution in [2.45, 2.75) is 175 Å². The lowest BCUT2D eigenvalue weighted by molar-refractivity contribution is -0.0214. The Bertz CT molecular complexity index is 4820. The van der Waals surface area contributed by atoms with E-state index in [1.807, 2.05) is 71.9 Å². The van der Waals surface area contributed by atoms with Gasteiger partial charge in [-0.05, 0) is 250 Å². The molecule has 0 radical (unpaired) electrons. The number of halogens is 16. The maximum Gasteiger partial charge on any atom is 0.640 e. The quantitative estimate of drug-likeness (QED) is 0.0375. The predicted octanol–water partition coefficient (Wildman–Crippen LogP) is 26.3. The van der Waals surface area contributed by atoms with E-state index >= 15 is 0 Å². The standard InChI is InChI=1S/C15H13BBrFO3.C13H17BBrFO3.C12H15BBrFO3.C10H11BBrFO3.C9H9BBrFO3.2C9H11BBrFO2.C8H9BBrFO2.C2H6.3CH4/c17-14-7-6-13(18)8-12(14)9-19-16-20-10-15(21-16)11-4-2-1-3-5-11;1-12(2)13(3,4)19-14(18-12)17-8-9-7-10(16)5-6-11(9)15;1-12(2)7-17-13(18-8-12)16-6-9-5-10(15)3-4-11(9)14;12-10-3-2-9(13)6-8(10)7-16-11-14-4-1-5-15-11;11-9-2-1-8(12)5-7(9)6-15-10-13-3-4-14-10;2*1-10(13-2)14-6-7-5-8(12)3-4-9(7)11;1-9(12)13-5-6-4-7(11)2-3-8(6)10;1-2;;;/h1-8,15H,9-10H2;5-7H,8H2,1-4H3;3-5H,6-8H2,1-2H3;2-3,6H,1,4-5,7H2;1-2,5H,3-4,6H2;2*3-5H,6H2,1-2H3;2-4,12H,5H2,1H3;1-2H3;3*1H4. The molecule has 5 saturated heterocycles. The Balaban J connectivity index is 0.000000397. The van der Waals surface area contributed by atoms with E-state index in [4.69, 9.17) is 98.1 Å². The molecule has 5 heterocycles. The topological polar surface area (TPSA) is 205 Å². The highest BCUT2D eigenvalue weighted by Gasteiger charge is 2.53. The van der Waals surface area contributed by atoms with Crippen LogP contribution in [0.1, 0.15) is 140 Å². The lowest BCUT2D eigenvalue weighted by Gasteiger charge is -2.32. The minimum absolute atomic E-state index is 0. The van der Waals surface area contributed by atoms with Gasteiger partial charge in [-0.2, -0.15) is 0 Å². The Morgan fingerprint density at radius 2 is 0.593 bits per heavy atom. The molecule has 0 bridgehead atoms. The van der Waals surface area contributed by atoms with E-state index in [0.717, 1.165) is 81.1 Å². The van der Waals surface area contributed by atoms with Gasteiger partial charge in [0, 0.05) is 81.8 Å². The van der Waals surface area contributed by atoms with Gasteiger partial charge in [-0.15, -0.1) is 0 Å². The molecule has 5 aliphatic rings. The molecule has 1 atom stereocenters. The summed E-state index contributed by atoms with van der Waals surface area (Å²) in [7, 11) is -1.69. The van der Waals surface area contributed by atoms with E-state index in [9.17, 15) is 35.1 Å². The van der Waals surface area contributed by atoms with Gasteiger partial charge in [0.25, 0.3) is 0 Å². The van der Waals surface area contributed by atoms with Gasteiger partial charge in [0.2, 0.25) is 0 Å². The van der Waals surface area contributed by atoms with E-state index in [1.165, 1.54) is 104 Å². The lowest BCUT2D eigenvalue weighted by Crippen LogP contribution is -2.42. The van der Waals surface area contributed by atoms with Gasteiger partial charge in [0.15, 0.2) is 0 Å². The van der Waals surface area contributed by atoms with Crippen molar-refractivity contribution in [1.29, 1.82) is 0 Å². The van der Waals surface area contributed by atoms with Crippen molar-refractivity contribution >= 4 is 185 Å². The maximum atomic E-state index is 13.2. The van der Waals surface area contributed by atoms with Crippen molar-refractivity contribution in [2.24, 2.45) is 5.41 Å². The highest BCUT2D eigenvalue weighted by molar-refractivity contribution is 9.11. The van der Waals surface area contributed by atoms with Gasteiger partial charge in [-0.3, -0.25) is 0 Å². The second-order valence-electron chi connectivity index (χ2n) is 30.3. The molecule has 5 aliphatic heterocycles.